The van der Waals surface area contributed by atoms with Crippen molar-refractivity contribution < 1.29 is 28.1 Å². The monoisotopic (exact) mass is 703 g/mol. The fourth-order valence-electron chi connectivity index (χ4n) is 6.88. The Balaban J connectivity index is 1.33. The maximum atomic E-state index is 13.2. The summed E-state index contributed by atoms with van der Waals surface area (Å²) in [5, 5.41) is 9.66. The van der Waals surface area contributed by atoms with Crippen molar-refractivity contribution >= 4 is 14.9 Å². The molecule has 0 aliphatic carbocycles. The molecule has 0 N–H and O–H groups in total. The number of ether oxygens (including phenoxy) is 3. The molecule has 4 rings (SSSR count). The largest absolute Gasteiger partial charge is 0.497 e. The molecule has 2 unspecified atom stereocenters. The number of carbonyl (C=O) groups excluding carboxylic acids is 1. The van der Waals surface area contributed by atoms with Gasteiger partial charge in [-0.05, 0) is 100 Å². The molecule has 0 saturated carbocycles. The second-order valence-electron chi connectivity index (χ2n) is 13.1. The zero-order valence-electron chi connectivity index (χ0n) is 30.7. The molecule has 3 aromatic carbocycles. The second kappa shape index (κ2) is 19.2. The zero-order chi connectivity index (χ0) is 36.1. The Morgan fingerprint density at radius 2 is 1.38 bits per heavy atom. The van der Waals surface area contributed by atoms with Crippen LogP contribution in [0, 0.1) is 11.3 Å². The first-order valence-corrected chi connectivity index (χ1v) is 18.5. The quantitative estimate of drug-likeness (QED) is 0.0764. The van der Waals surface area contributed by atoms with Crippen LogP contribution in [0.2, 0.25) is 0 Å². The molecular formula is C40H54N3O6P. The van der Waals surface area contributed by atoms with Gasteiger partial charge < -0.3 is 28.2 Å². The lowest BCUT2D eigenvalue weighted by Crippen LogP contribution is -2.46. The first-order valence-electron chi connectivity index (χ1n) is 17.7. The van der Waals surface area contributed by atoms with Crippen molar-refractivity contribution in [3.05, 3.63) is 95.1 Å². The Morgan fingerprint density at radius 3 is 1.82 bits per heavy atom. The van der Waals surface area contributed by atoms with Crippen LogP contribution in [0.25, 0.3) is 0 Å². The molecule has 0 radical (unpaired) electrons. The van der Waals surface area contributed by atoms with Gasteiger partial charge in [0.05, 0.1) is 33.0 Å². The van der Waals surface area contributed by atoms with Crippen molar-refractivity contribution in [1.82, 2.24) is 9.80 Å². The fraction of sp³-hybridized carbons (Fsp3) is 0.500. The van der Waals surface area contributed by atoms with Gasteiger partial charge in [0.2, 0.25) is 5.91 Å². The van der Waals surface area contributed by atoms with E-state index in [4.69, 9.17) is 23.3 Å². The molecule has 1 amide bonds. The Morgan fingerprint density at radius 1 is 0.880 bits per heavy atom. The van der Waals surface area contributed by atoms with Crippen molar-refractivity contribution in [1.29, 1.82) is 5.26 Å². The van der Waals surface area contributed by atoms with E-state index in [9.17, 15) is 10.1 Å². The van der Waals surface area contributed by atoms with E-state index in [-0.39, 0.29) is 39.2 Å². The number of hydrogen-bond donors (Lipinski definition) is 0. The highest BCUT2D eigenvalue weighted by Crippen LogP contribution is 2.42. The van der Waals surface area contributed by atoms with Gasteiger partial charge in [-0.25, -0.2) is 0 Å². The summed E-state index contributed by atoms with van der Waals surface area (Å²) in [6.45, 7) is 12.5. The SMILES string of the molecule is CCOC(c1ccc(CCC(=O)N2CCC(OPOCC(C#N)N(C(C)C)C(C)C)CC2)cc1)(c1ccc(OC)cc1)c1ccc(OC)cc1. The molecule has 3 aromatic rings. The van der Waals surface area contributed by atoms with Crippen molar-refractivity contribution in [2.75, 3.05) is 40.5 Å². The van der Waals surface area contributed by atoms with E-state index in [1.807, 2.05) is 60.4 Å². The van der Waals surface area contributed by atoms with Crippen molar-refractivity contribution in [2.45, 2.75) is 90.1 Å². The predicted molar refractivity (Wildman–Crippen MR) is 199 cm³/mol. The molecule has 1 aliphatic heterocycles. The van der Waals surface area contributed by atoms with E-state index in [0.717, 1.165) is 46.6 Å². The van der Waals surface area contributed by atoms with E-state index >= 15 is 0 Å². The van der Waals surface area contributed by atoms with E-state index < -0.39 is 5.60 Å². The van der Waals surface area contributed by atoms with Crippen LogP contribution in [0.15, 0.2) is 72.8 Å². The van der Waals surface area contributed by atoms with Gasteiger partial charge >= 0.3 is 0 Å². The van der Waals surface area contributed by atoms with Crippen LogP contribution < -0.4 is 9.47 Å². The number of benzene rings is 3. The number of aryl methyl sites for hydroxylation is 1. The Kier molecular flexibility index (Phi) is 15.1. The van der Waals surface area contributed by atoms with Crippen LogP contribution in [-0.2, 0) is 30.6 Å². The van der Waals surface area contributed by atoms with Gasteiger partial charge in [0.25, 0.3) is 0 Å². The van der Waals surface area contributed by atoms with Crippen LogP contribution in [0.1, 0.15) is 76.1 Å². The number of carbonyl (C=O) groups is 1. The molecule has 0 bridgehead atoms. The van der Waals surface area contributed by atoms with Crippen molar-refractivity contribution in [2.24, 2.45) is 0 Å². The number of amides is 1. The van der Waals surface area contributed by atoms with Crippen LogP contribution in [0.5, 0.6) is 11.5 Å². The highest BCUT2D eigenvalue weighted by atomic mass is 31.1. The Bertz CT molecular complexity index is 1440. The van der Waals surface area contributed by atoms with E-state index in [2.05, 4.69) is 62.9 Å². The molecule has 10 heteroatoms. The first-order chi connectivity index (χ1) is 24.2. The third-order valence-electron chi connectivity index (χ3n) is 9.35. The van der Waals surface area contributed by atoms with Gasteiger partial charge in [0.1, 0.15) is 23.1 Å². The summed E-state index contributed by atoms with van der Waals surface area (Å²) >= 11 is 0. The number of rotatable bonds is 18. The molecule has 0 spiro atoms. The maximum Gasteiger partial charge on any atom is 0.222 e. The maximum absolute atomic E-state index is 13.2. The molecule has 270 valence electrons. The number of likely N-dealkylation sites (tertiary alicyclic amines) is 1. The summed E-state index contributed by atoms with van der Waals surface area (Å²) in [6, 6.07) is 27.0. The molecule has 1 heterocycles. The van der Waals surface area contributed by atoms with E-state index in [1.165, 1.54) is 0 Å². The van der Waals surface area contributed by atoms with Crippen LogP contribution in [0.3, 0.4) is 0 Å². The smallest absolute Gasteiger partial charge is 0.222 e. The normalized spacial score (nSPS) is 14.9. The summed E-state index contributed by atoms with van der Waals surface area (Å²) in [4.78, 5) is 17.3. The topological polar surface area (TPSA) is 93.5 Å². The Labute approximate surface area is 300 Å². The molecular weight excluding hydrogens is 649 g/mol. The highest BCUT2D eigenvalue weighted by Gasteiger charge is 2.37. The summed E-state index contributed by atoms with van der Waals surface area (Å²) in [5.74, 6) is 1.71. The molecule has 0 aromatic heterocycles. The van der Waals surface area contributed by atoms with Crippen LogP contribution in [-0.4, -0.2) is 80.5 Å². The lowest BCUT2D eigenvalue weighted by atomic mass is 9.79. The first kappa shape index (κ1) is 39.3. The van der Waals surface area contributed by atoms with Crippen LogP contribution >= 0.6 is 9.03 Å². The summed E-state index contributed by atoms with van der Waals surface area (Å²) in [6.07, 6.45) is 2.71. The number of hydrogen-bond acceptors (Lipinski definition) is 8. The number of methoxy groups -OCH3 is 2. The summed E-state index contributed by atoms with van der Waals surface area (Å²) in [5.41, 5.74) is 3.22. The van der Waals surface area contributed by atoms with E-state index in [1.54, 1.807) is 14.2 Å². The lowest BCUT2D eigenvalue weighted by Gasteiger charge is -2.36. The van der Waals surface area contributed by atoms with Crippen molar-refractivity contribution in [3.63, 3.8) is 0 Å². The minimum absolute atomic E-state index is 0.0544. The third-order valence-corrected chi connectivity index (χ3v) is 10.1. The third kappa shape index (κ3) is 9.84. The van der Waals surface area contributed by atoms with E-state index in [0.29, 0.717) is 39.1 Å². The van der Waals surface area contributed by atoms with Gasteiger partial charge in [-0.15, -0.1) is 0 Å². The molecule has 9 nitrogen and oxygen atoms in total. The van der Waals surface area contributed by atoms with Gasteiger partial charge in [-0.1, -0.05) is 48.5 Å². The highest BCUT2D eigenvalue weighted by molar-refractivity contribution is 7.26. The fourth-order valence-corrected chi connectivity index (χ4v) is 7.54. The van der Waals surface area contributed by atoms with Gasteiger partial charge in [0, 0.05) is 38.2 Å². The van der Waals surface area contributed by atoms with Gasteiger partial charge in [-0.3, -0.25) is 9.69 Å². The Hall–Kier alpha value is -3.51. The second-order valence-corrected chi connectivity index (χ2v) is 13.8. The van der Waals surface area contributed by atoms with Crippen LogP contribution in [0.4, 0.5) is 0 Å². The lowest BCUT2D eigenvalue weighted by molar-refractivity contribution is -0.132. The zero-order valence-corrected chi connectivity index (χ0v) is 31.7. The average Bonchev–Trinajstić information content (AvgIpc) is 3.14. The standard InChI is InChI=1S/C40H54N3O6P/c1-8-47-40(33-14-18-36(45-6)19-15-33,34-16-20-37(46-7)21-17-34)32-12-9-31(10-13-32)11-22-39(44)42-25-23-38(24-26-42)49-50-48-28-35(27-41)43(29(2)3)30(4)5/h9-10,12-21,29-30,35,38,50H,8,11,22-26,28H2,1-7H3. The predicted octanol–water partition coefficient (Wildman–Crippen LogP) is 7.51. The van der Waals surface area contributed by atoms with Crippen molar-refractivity contribution in [3.8, 4) is 17.6 Å². The molecule has 1 saturated heterocycles. The number of nitriles is 1. The minimum Gasteiger partial charge on any atom is -0.497 e. The molecule has 50 heavy (non-hydrogen) atoms. The molecule has 1 fully saturated rings. The molecule has 1 aliphatic rings. The summed E-state index contributed by atoms with van der Waals surface area (Å²) in [7, 11) is 3.20. The van der Waals surface area contributed by atoms with Gasteiger partial charge in [-0.2, -0.15) is 5.26 Å². The number of piperidine rings is 1. The number of nitrogens with zero attached hydrogens (tertiary/aromatic N) is 3. The molecule has 2 atom stereocenters. The average molecular weight is 704 g/mol. The van der Waals surface area contributed by atoms with Gasteiger partial charge in [0.15, 0.2) is 9.03 Å². The minimum atomic E-state index is -0.848. The summed E-state index contributed by atoms with van der Waals surface area (Å²) < 4.78 is 29.3.